The van der Waals surface area contributed by atoms with Crippen molar-refractivity contribution in [1.29, 1.82) is 0 Å². The van der Waals surface area contributed by atoms with Gasteiger partial charge in [-0.25, -0.2) is 4.39 Å². The van der Waals surface area contributed by atoms with E-state index in [2.05, 4.69) is 11.8 Å². The van der Waals surface area contributed by atoms with E-state index in [9.17, 15) is 4.39 Å². The zero-order valence-electron chi connectivity index (χ0n) is 10.2. The fourth-order valence-electron chi connectivity index (χ4n) is 1.52. The maximum Gasteiger partial charge on any atom is 0.123 e. The molecule has 0 N–H and O–H groups in total. The highest BCUT2D eigenvalue weighted by atomic mass is 35.5. The summed E-state index contributed by atoms with van der Waals surface area (Å²) in [7, 11) is 0. The Bertz CT molecular complexity index is 579. The quantitative estimate of drug-likeness (QED) is 0.607. The van der Waals surface area contributed by atoms with Gasteiger partial charge >= 0.3 is 0 Å². The molecule has 0 saturated carbocycles. The number of alkyl halides is 1. The molecular formula is C16H12ClFO. The molecule has 0 amide bonds. The van der Waals surface area contributed by atoms with E-state index in [-0.39, 0.29) is 5.82 Å². The van der Waals surface area contributed by atoms with Crippen molar-refractivity contribution in [2.45, 2.75) is 6.61 Å². The Morgan fingerprint density at radius 2 is 1.68 bits per heavy atom. The molecule has 0 fully saturated rings. The molecule has 2 rings (SSSR count). The van der Waals surface area contributed by atoms with Crippen LogP contribution in [0.2, 0.25) is 0 Å². The van der Waals surface area contributed by atoms with E-state index in [1.54, 1.807) is 12.1 Å². The Kier molecular flexibility index (Phi) is 4.83. The van der Waals surface area contributed by atoms with Crippen molar-refractivity contribution < 1.29 is 9.13 Å². The third-order valence-corrected chi connectivity index (χ3v) is 2.61. The van der Waals surface area contributed by atoms with Gasteiger partial charge in [0.1, 0.15) is 18.2 Å². The van der Waals surface area contributed by atoms with Gasteiger partial charge in [0.25, 0.3) is 0 Å². The molecule has 0 atom stereocenters. The van der Waals surface area contributed by atoms with Gasteiger partial charge in [0, 0.05) is 5.56 Å². The first-order valence-corrected chi connectivity index (χ1v) is 6.33. The van der Waals surface area contributed by atoms with Gasteiger partial charge in [0.05, 0.1) is 5.88 Å². The second-order valence-corrected chi connectivity index (χ2v) is 4.14. The molecule has 0 aromatic heterocycles. The highest BCUT2D eigenvalue weighted by molar-refractivity contribution is 6.19. The molecule has 0 unspecified atom stereocenters. The number of benzene rings is 2. The number of ether oxygens (including phenoxy) is 1. The molecule has 19 heavy (non-hydrogen) atoms. The smallest absolute Gasteiger partial charge is 0.123 e. The Labute approximate surface area is 117 Å². The summed E-state index contributed by atoms with van der Waals surface area (Å²) in [4.78, 5) is 0. The standard InChI is InChI=1S/C16H12ClFO/c17-11-1-2-13-5-9-16(10-6-13)19-12-14-3-7-15(18)8-4-14/h3-10H,11-12H2. The van der Waals surface area contributed by atoms with Gasteiger partial charge in [-0.2, -0.15) is 0 Å². The lowest BCUT2D eigenvalue weighted by Crippen LogP contribution is -1.95. The molecule has 0 spiro atoms. The third-order valence-electron chi connectivity index (χ3n) is 2.47. The SMILES string of the molecule is Fc1ccc(COc2ccc(C#CCCl)cc2)cc1. The summed E-state index contributed by atoms with van der Waals surface area (Å²) in [6, 6.07) is 13.7. The molecule has 1 nitrogen and oxygen atoms in total. The normalized spacial score (nSPS) is 9.58. The molecule has 0 aliphatic rings. The topological polar surface area (TPSA) is 9.23 Å². The number of hydrogen-bond donors (Lipinski definition) is 0. The lowest BCUT2D eigenvalue weighted by Gasteiger charge is -2.06. The summed E-state index contributed by atoms with van der Waals surface area (Å²) >= 11 is 5.49. The highest BCUT2D eigenvalue weighted by Gasteiger charge is 1.97. The molecule has 2 aromatic carbocycles. The summed E-state index contributed by atoms with van der Waals surface area (Å²) in [5, 5.41) is 0. The number of halogens is 2. The maximum atomic E-state index is 12.7. The minimum atomic E-state index is -0.244. The van der Waals surface area contributed by atoms with Crippen molar-refractivity contribution >= 4 is 11.6 Å². The lowest BCUT2D eigenvalue weighted by atomic mass is 10.2. The van der Waals surface area contributed by atoms with Crippen molar-refractivity contribution in [3.05, 3.63) is 65.5 Å². The van der Waals surface area contributed by atoms with Gasteiger partial charge in [-0.3, -0.25) is 0 Å². The van der Waals surface area contributed by atoms with E-state index in [4.69, 9.17) is 16.3 Å². The van der Waals surface area contributed by atoms with Crippen LogP contribution in [0.5, 0.6) is 5.75 Å². The molecule has 0 aliphatic carbocycles. The van der Waals surface area contributed by atoms with Gasteiger partial charge in [-0.1, -0.05) is 24.0 Å². The average Bonchev–Trinajstić information content (AvgIpc) is 2.46. The molecule has 0 saturated heterocycles. The Morgan fingerprint density at radius 3 is 2.32 bits per heavy atom. The average molecular weight is 275 g/mol. The van der Waals surface area contributed by atoms with Crippen LogP contribution in [0.15, 0.2) is 48.5 Å². The third kappa shape index (κ3) is 4.31. The van der Waals surface area contributed by atoms with E-state index in [0.29, 0.717) is 12.5 Å². The lowest BCUT2D eigenvalue weighted by molar-refractivity contribution is 0.306. The Morgan fingerprint density at radius 1 is 1.00 bits per heavy atom. The molecule has 0 radical (unpaired) electrons. The zero-order valence-corrected chi connectivity index (χ0v) is 11.0. The van der Waals surface area contributed by atoms with E-state index < -0.39 is 0 Å². The second-order valence-electron chi connectivity index (χ2n) is 3.87. The van der Waals surface area contributed by atoms with Crippen LogP contribution in [-0.4, -0.2) is 5.88 Å². The molecule has 96 valence electrons. The largest absolute Gasteiger partial charge is 0.489 e. The van der Waals surface area contributed by atoms with Crippen LogP contribution >= 0.6 is 11.6 Å². The summed E-state index contributed by atoms with van der Waals surface area (Å²) in [5.74, 6) is 6.54. The number of hydrogen-bond acceptors (Lipinski definition) is 1. The van der Waals surface area contributed by atoms with Crippen LogP contribution in [0.4, 0.5) is 4.39 Å². The highest BCUT2D eigenvalue weighted by Crippen LogP contribution is 2.14. The molecule has 3 heteroatoms. The summed E-state index contributed by atoms with van der Waals surface area (Å²) in [5.41, 5.74) is 1.82. The van der Waals surface area contributed by atoms with Crippen molar-refractivity contribution in [1.82, 2.24) is 0 Å². The zero-order chi connectivity index (χ0) is 13.5. The van der Waals surface area contributed by atoms with Gasteiger partial charge in [0.15, 0.2) is 0 Å². The maximum absolute atomic E-state index is 12.7. The summed E-state index contributed by atoms with van der Waals surface area (Å²) in [6.45, 7) is 0.410. The van der Waals surface area contributed by atoms with Gasteiger partial charge in [-0.15, -0.1) is 11.6 Å². The van der Waals surface area contributed by atoms with Gasteiger partial charge in [-0.05, 0) is 42.0 Å². The van der Waals surface area contributed by atoms with Crippen LogP contribution in [-0.2, 0) is 6.61 Å². The first-order valence-electron chi connectivity index (χ1n) is 5.80. The van der Waals surface area contributed by atoms with Crippen LogP contribution in [0, 0.1) is 17.7 Å². The van der Waals surface area contributed by atoms with Crippen LogP contribution < -0.4 is 4.74 Å². The van der Waals surface area contributed by atoms with Crippen molar-refractivity contribution in [2.75, 3.05) is 5.88 Å². The molecule has 0 heterocycles. The van der Waals surface area contributed by atoms with Crippen molar-refractivity contribution in [3.63, 3.8) is 0 Å². The summed E-state index contributed by atoms with van der Waals surface area (Å²) < 4.78 is 18.3. The van der Waals surface area contributed by atoms with Crippen LogP contribution in [0.1, 0.15) is 11.1 Å². The fraction of sp³-hybridized carbons (Fsp3) is 0.125. The van der Waals surface area contributed by atoms with E-state index in [1.807, 2.05) is 24.3 Å². The molecular weight excluding hydrogens is 263 g/mol. The first-order chi connectivity index (χ1) is 9.28. The molecule has 0 aliphatic heterocycles. The summed E-state index contributed by atoms with van der Waals surface area (Å²) in [6.07, 6.45) is 0. The predicted molar refractivity (Wildman–Crippen MR) is 74.8 cm³/mol. The van der Waals surface area contributed by atoms with Crippen molar-refractivity contribution in [2.24, 2.45) is 0 Å². The van der Waals surface area contributed by atoms with Gasteiger partial charge in [0.2, 0.25) is 0 Å². The van der Waals surface area contributed by atoms with Crippen LogP contribution in [0.3, 0.4) is 0 Å². The van der Waals surface area contributed by atoms with E-state index >= 15 is 0 Å². The second kappa shape index (κ2) is 6.82. The minimum absolute atomic E-state index is 0.244. The first kappa shape index (κ1) is 13.5. The van der Waals surface area contributed by atoms with E-state index in [0.717, 1.165) is 16.9 Å². The predicted octanol–water partition coefficient (Wildman–Crippen LogP) is 4.00. The van der Waals surface area contributed by atoms with Gasteiger partial charge < -0.3 is 4.74 Å². The fourth-order valence-corrected chi connectivity index (χ4v) is 1.58. The van der Waals surface area contributed by atoms with E-state index in [1.165, 1.54) is 12.1 Å². The molecule has 0 bridgehead atoms. The number of rotatable bonds is 3. The Balaban J connectivity index is 1.94. The molecule has 2 aromatic rings. The van der Waals surface area contributed by atoms with Crippen LogP contribution in [0.25, 0.3) is 0 Å². The minimum Gasteiger partial charge on any atom is -0.489 e. The Hall–Kier alpha value is -1.98. The van der Waals surface area contributed by atoms with Crippen molar-refractivity contribution in [3.8, 4) is 17.6 Å². The monoisotopic (exact) mass is 274 g/mol.